The molecule has 1 aromatic carbocycles. The van der Waals surface area contributed by atoms with Crippen LogP contribution < -0.4 is 5.73 Å². The zero-order chi connectivity index (χ0) is 13.9. The fraction of sp³-hybridized carbons (Fsp3) is 0.467. The van der Waals surface area contributed by atoms with E-state index in [-0.39, 0.29) is 0 Å². The second-order valence-electron chi connectivity index (χ2n) is 5.50. The van der Waals surface area contributed by atoms with Crippen molar-refractivity contribution in [2.45, 2.75) is 19.9 Å². The first-order chi connectivity index (χ1) is 9.74. The highest BCUT2D eigenvalue weighted by molar-refractivity contribution is 5.53. The monoisotopic (exact) mass is 272 g/mol. The van der Waals surface area contributed by atoms with Crippen molar-refractivity contribution in [1.29, 1.82) is 0 Å². The van der Waals surface area contributed by atoms with E-state index in [0.717, 1.165) is 38.2 Å². The molecule has 2 N–H and O–H groups in total. The SMILES string of the molecule is Cc1cccc(-c2nnc(CN3CCC(CN)C3)o2)c1. The Morgan fingerprint density at radius 3 is 3.05 bits per heavy atom. The molecule has 1 saturated heterocycles. The molecule has 1 atom stereocenters. The van der Waals surface area contributed by atoms with Gasteiger partial charge in [0.25, 0.3) is 0 Å². The van der Waals surface area contributed by atoms with Crippen LogP contribution in [0.5, 0.6) is 0 Å². The summed E-state index contributed by atoms with van der Waals surface area (Å²) in [5.74, 6) is 1.88. The number of nitrogens with two attached hydrogens (primary N) is 1. The number of likely N-dealkylation sites (tertiary alicyclic amines) is 1. The molecule has 0 aliphatic carbocycles. The van der Waals surface area contributed by atoms with E-state index in [1.165, 1.54) is 5.56 Å². The van der Waals surface area contributed by atoms with Gasteiger partial charge in [0.05, 0.1) is 6.54 Å². The van der Waals surface area contributed by atoms with Crippen LogP contribution in [0, 0.1) is 12.8 Å². The molecule has 0 radical (unpaired) electrons. The first-order valence-corrected chi connectivity index (χ1v) is 7.06. The Bertz CT molecular complexity index is 581. The zero-order valence-corrected chi connectivity index (χ0v) is 11.7. The lowest BCUT2D eigenvalue weighted by molar-refractivity contribution is 0.282. The van der Waals surface area contributed by atoms with Gasteiger partial charge in [-0.2, -0.15) is 0 Å². The molecular formula is C15H20N4O. The Balaban J connectivity index is 1.68. The zero-order valence-electron chi connectivity index (χ0n) is 11.7. The van der Waals surface area contributed by atoms with Crippen molar-refractivity contribution in [3.05, 3.63) is 35.7 Å². The van der Waals surface area contributed by atoms with E-state index in [1.54, 1.807) is 0 Å². The summed E-state index contributed by atoms with van der Waals surface area (Å²) in [5, 5.41) is 8.29. The molecule has 1 fully saturated rings. The van der Waals surface area contributed by atoms with Crippen molar-refractivity contribution in [2.24, 2.45) is 11.7 Å². The molecule has 20 heavy (non-hydrogen) atoms. The first-order valence-electron chi connectivity index (χ1n) is 7.06. The number of hydrogen-bond donors (Lipinski definition) is 1. The van der Waals surface area contributed by atoms with Gasteiger partial charge in [-0.1, -0.05) is 17.7 Å². The van der Waals surface area contributed by atoms with Crippen molar-refractivity contribution >= 4 is 0 Å². The Hall–Kier alpha value is -1.72. The molecule has 5 heteroatoms. The van der Waals surface area contributed by atoms with Crippen LogP contribution in [0.25, 0.3) is 11.5 Å². The molecule has 106 valence electrons. The molecule has 1 aromatic heterocycles. The molecule has 1 unspecified atom stereocenters. The molecule has 0 bridgehead atoms. The lowest BCUT2D eigenvalue weighted by Crippen LogP contribution is -2.22. The van der Waals surface area contributed by atoms with Gasteiger partial charge in [-0.3, -0.25) is 4.90 Å². The Morgan fingerprint density at radius 1 is 1.40 bits per heavy atom. The number of nitrogens with zero attached hydrogens (tertiary/aromatic N) is 3. The Kier molecular flexibility index (Phi) is 3.80. The highest BCUT2D eigenvalue weighted by atomic mass is 16.4. The standard InChI is InChI=1S/C15H20N4O/c1-11-3-2-4-13(7-11)15-18-17-14(20-15)10-19-6-5-12(8-16)9-19/h2-4,7,12H,5-6,8-10,16H2,1H3. The first kappa shape index (κ1) is 13.3. The second-order valence-corrected chi connectivity index (χ2v) is 5.50. The quantitative estimate of drug-likeness (QED) is 0.919. The number of aromatic nitrogens is 2. The Labute approximate surface area is 118 Å². The van der Waals surface area contributed by atoms with Crippen molar-refractivity contribution < 1.29 is 4.42 Å². The summed E-state index contributed by atoms with van der Waals surface area (Å²) in [7, 11) is 0. The van der Waals surface area contributed by atoms with Crippen LogP contribution in [-0.2, 0) is 6.54 Å². The molecule has 0 saturated carbocycles. The predicted octanol–water partition coefficient (Wildman–Crippen LogP) is 1.83. The van der Waals surface area contributed by atoms with Gasteiger partial charge in [0.15, 0.2) is 0 Å². The number of aryl methyl sites for hydroxylation is 1. The van der Waals surface area contributed by atoms with Crippen molar-refractivity contribution in [3.63, 3.8) is 0 Å². The van der Waals surface area contributed by atoms with E-state index in [9.17, 15) is 0 Å². The lowest BCUT2D eigenvalue weighted by atomic mass is 10.1. The third-order valence-corrected chi connectivity index (χ3v) is 3.79. The van der Waals surface area contributed by atoms with Gasteiger partial charge < -0.3 is 10.2 Å². The Morgan fingerprint density at radius 2 is 2.30 bits per heavy atom. The normalized spacial score (nSPS) is 19.6. The third kappa shape index (κ3) is 2.89. The van der Waals surface area contributed by atoms with Crippen molar-refractivity contribution in [1.82, 2.24) is 15.1 Å². The van der Waals surface area contributed by atoms with Crippen molar-refractivity contribution in [2.75, 3.05) is 19.6 Å². The molecule has 0 spiro atoms. The highest BCUT2D eigenvalue weighted by Gasteiger charge is 2.22. The summed E-state index contributed by atoms with van der Waals surface area (Å²) >= 11 is 0. The smallest absolute Gasteiger partial charge is 0.247 e. The fourth-order valence-corrected chi connectivity index (χ4v) is 2.65. The molecule has 2 heterocycles. The van der Waals surface area contributed by atoms with E-state index >= 15 is 0 Å². The van der Waals surface area contributed by atoms with Crippen LogP contribution in [0.1, 0.15) is 17.9 Å². The summed E-state index contributed by atoms with van der Waals surface area (Å²) in [4.78, 5) is 2.32. The number of benzene rings is 1. The van der Waals surface area contributed by atoms with Gasteiger partial charge in [-0.05, 0) is 44.5 Å². The van der Waals surface area contributed by atoms with Crippen LogP contribution in [0.2, 0.25) is 0 Å². The van der Waals surface area contributed by atoms with Crippen LogP contribution >= 0.6 is 0 Å². The topological polar surface area (TPSA) is 68.2 Å². The fourth-order valence-electron chi connectivity index (χ4n) is 2.65. The largest absolute Gasteiger partial charge is 0.419 e. The lowest BCUT2D eigenvalue weighted by Gasteiger charge is -2.12. The average molecular weight is 272 g/mol. The van der Waals surface area contributed by atoms with Gasteiger partial charge in [-0.15, -0.1) is 10.2 Å². The minimum atomic E-state index is 0.596. The summed E-state index contributed by atoms with van der Waals surface area (Å²) in [6, 6.07) is 8.10. The van der Waals surface area contributed by atoms with Gasteiger partial charge in [0, 0.05) is 12.1 Å². The van der Waals surface area contributed by atoms with Crippen molar-refractivity contribution in [3.8, 4) is 11.5 Å². The maximum Gasteiger partial charge on any atom is 0.247 e. The van der Waals surface area contributed by atoms with Gasteiger partial charge >= 0.3 is 0 Å². The minimum absolute atomic E-state index is 0.596. The maximum absolute atomic E-state index is 5.76. The summed E-state index contributed by atoms with van der Waals surface area (Å²) in [6.07, 6.45) is 1.16. The molecular weight excluding hydrogens is 252 g/mol. The van der Waals surface area contributed by atoms with E-state index in [2.05, 4.69) is 34.2 Å². The predicted molar refractivity (Wildman–Crippen MR) is 76.9 cm³/mol. The van der Waals surface area contributed by atoms with Gasteiger partial charge in [-0.25, -0.2) is 0 Å². The summed E-state index contributed by atoms with van der Waals surface area (Å²) in [5.41, 5.74) is 7.87. The molecule has 5 nitrogen and oxygen atoms in total. The molecule has 2 aromatic rings. The molecule has 3 rings (SSSR count). The summed E-state index contributed by atoms with van der Waals surface area (Å²) in [6.45, 7) is 5.62. The number of rotatable bonds is 4. The molecule has 1 aliphatic heterocycles. The van der Waals surface area contributed by atoms with Crippen LogP contribution in [0.4, 0.5) is 0 Å². The number of hydrogen-bond acceptors (Lipinski definition) is 5. The maximum atomic E-state index is 5.76. The summed E-state index contributed by atoms with van der Waals surface area (Å²) < 4.78 is 5.76. The highest BCUT2D eigenvalue weighted by Crippen LogP contribution is 2.21. The van der Waals surface area contributed by atoms with E-state index < -0.39 is 0 Å². The molecule has 0 amide bonds. The van der Waals surface area contributed by atoms with Gasteiger partial charge in [0.2, 0.25) is 11.8 Å². The second kappa shape index (κ2) is 5.73. The van der Waals surface area contributed by atoms with Crippen LogP contribution in [0.15, 0.2) is 28.7 Å². The van der Waals surface area contributed by atoms with Gasteiger partial charge in [0.1, 0.15) is 0 Å². The molecule has 1 aliphatic rings. The van der Waals surface area contributed by atoms with E-state index in [1.807, 2.05) is 12.1 Å². The third-order valence-electron chi connectivity index (χ3n) is 3.79. The van der Waals surface area contributed by atoms with Crippen LogP contribution in [0.3, 0.4) is 0 Å². The van der Waals surface area contributed by atoms with E-state index in [0.29, 0.717) is 17.7 Å². The van der Waals surface area contributed by atoms with Crippen LogP contribution in [-0.4, -0.2) is 34.7 Å². The minimum Gasteiger partial charge on any atom is -0.419 e. The average Bonchev–Trinajstić information content (AvgIpc) is 3.08. The van der Waals surface area contributed by atoms with E-state index in [4.69, 9.17) is 10.2 Å².